The third-order valence-electron chi connectivity index (χ3n) is 5.05. The number of nitrogens with zero attached hydrogens (tertiary/aromatic N) is 4. The largest absolute Gasteiger partial charge is 0.375 e. The number of hydrogen-bond acceptors (Lipinski definition) is 5. The van der Waals surface area contributed by atoms with E-state index < -0.39 is 0 Å². The molecule has 0 spiro atoms. The van der Waals surface area contributed by atoms with E-state index in [-0.39, 0.29) is 21.8 Å². The summed E-state index contributed by atoms with van der Waals surface area (Å²) in [4.78, 5) is 9.12. The Bertz CT molecular complexity index is 796. The number of H-pyrrole nitrogens is 3. The quantitative estimate of drug-likeness (QED) is 0.369. The normalized spacial score (nSPS) is 12.1. The Labute approximate surface area is 226 Å². The van der Waals surface area contributed by atoms with E-state index in [1.54, 1.807) is 12.5 Å². The van der Waals surface area contributed by atoms with Gasteiger partial charge in [0.25, 0.3) is 0 Å². The summed E-state index contributed by atoms with van der Waals surface area (Å²) < 4.78 is 5.50. The SMILES string of the molecule is CC(C)(C)c1ccn[nH]1.CC(C)(C)c1cn[nH]c1.CC(C)(C)c1cnc[nH]1.CN(C)CCOC(C)(C)C. The molecule has 37 heavy (non-hydrogen) atoms. The van der Waals surface area contributed by atoms with Gasteiger partial charge in [-0.25, -0.2) is 4.98 Å². The highest BCUT2D eigenvalue weighted by molar-refractivity contribution is 5.13. The lowest BCUT2D eigenvalue weighted by Gasteiger charge is -2.20. The molecule has 0 atom stereocenters. The molecule has 0 saturated heterocycles. The van der Waals surface area contributed by atoms with Gasteiger partial charge in [0.2, 0.25) is 0 Å². The summed E-state index contributed by atoms with van der Waals surface area (Å²) in [7, 11) is 4.10. The van der Waals surface area contributed by atoms with Crippen LogP contribution in [0, 0.1) is 0 Å². The predicted octanol–water partition coefficient (Wildman–Crippen LogP) is 6.48. The van der Waals surface area contributed by atoms with Gasteiger partial charge in [0.15, 0.2) is 0 Å². The highest BCUT2D eigenvalue weighted by Gasteiger charge is 2.15. The van der Waals surface area contributed by atoms with Crippen molar-refractivity contribution < 1.29 is 4.74 Å². The van der Waals surface area contributed by atoms with E-state index in [2.05, 4.69) is 118 Å². The summed E-state index contributed by atoms with van der Waals surface area (Å²) in [6.45, 7) is 27.4. The number of likely N-dealkylation sites (N-methyl/N-ethyl adjacent to an activating group) is 1. The minimum atomic E-state index is 0.00993. The smallest absolute Gasteiger partial charge is 0.0921 e. The van der Waals surface area contributed by atoms with E-state index in [0.29, 0.717) is 0 Å². The maximum Gasteiger partial charge on any atom is 0.0921 e. The lowest BCUT2D eigenvalue weighted by molar-refractivity contribution is -0.00871. The van der Waals surface area contributed by atoms with Crippen LogP contribution in [0.2, 0.25) is 0 Å². The molecule has 212 valence electrons. The Morgan fingerprint density at radius 3 is 1.62 bits per heavy atom. The number of aromatic nitrogens is 6. The first-order valence-electron chi connectivity index (χ1n) is 13.0. The number of hydrogen-bond donors (Lipinski definition) is 3. The average Bonchev–Trinajstić information content (AvgIpc) is 3.51. The fraction of sp³-hybridized carbons (Fsp3) is 0.690. The molecule has 0 aliphatic rings. The van der Waals surface area contributed by atoms with Crippen LogP contribution in [0.15, 0.2) is 37.2 Å². The van der Waals surface area contributed by atoms with E-state index in [1.807, 2.05) is 38.8 Å². The minimum absolute atomic E-state index is 0.00993. The van der Waals surface area contributed by atoms with Crippen molar-refractivity contribution in [1.29, 1.82) is 0 Å². The number of ether oxygens (including phenoxy) is 1. The number of nitrogens with one attached hydrogen (secondary N) is 3. The van der Waals surface area contributed by atoms with E-state index >= 15 is 0 Å². The number of aromatic amines is 3. The van der Waals surface area contributed by atoms with Crippen LogP contribution in [0.25, 0.3) is 0 Å². The predicted molar refractivity (Wildman–Crippen MR) is 156 cm³/mol. The Morgan fingerprint density at radius 1 is 0.784 bits per heavy atom. The van der Waals surface area contributed by atoms with Crippen LogP contribution in [0.4, 0.5) is 0 Å². The fourth-order valence-corrected chi connectivity index (χ4v) is 2.54. The van der Waals surface area contributed by atoms with Gasteiger partial charge in [-0.2, -0.15) is 10.2 Å². The number of imidazole rings is 1. The summed E-state index contributed by atoms with van der Waals surface area (Å²) in [6, 6.07) is 2.00. The van der Waals surface area contributed by atoms with Crippen molar-refractivity contribution in [2.75, 3.05) is 27.2 Å². The summed E-state index contributed by atoms with van der Waals surface area (Å²) in [6.07, 6.45) is 9.14. The van der Waals surface area contributed by atoms with Crippen molar-refractivity contribution in [1.82, 2.24) is 35.3 Å². The molecule has 0 aliphatic carbocycles. The molecule has 0 aromatic carbocycles. The Kier molecular flexibility index (Phi) is 14.1. The molecule has 3 heterocycles. The minimum Gasteiger partial charge on any atom is -0.375 e. The lowest BCUT2D eigenvalue weighted by atomic mass is 9.90. The van der Waals surface area contributed by atoms with Crippen molar-refractivity contribution in [2.45, 2.75) is 105 Å². The molecule has 0 aliphatic heterocycles. The first kappa shape index (κ1) is 34.6. The molecule has 3 aromatic rings. The van der Waals surface area contributed by atoms with Crippen molar-refractivity contribution in [3.63, 3.8) is 0 Å². The van der Waals surface area contributed by atoms with Gasteiger partial charge >= 0.3 is 0 Å². The highest BCUT2D eigenvalue weighted by atomic mass is 16.5. The van der Waals surface area contributed by atoms with Gasteiger partial charge in [-0.15, -0.1) is 0 Å². The van der Waals surface area contributed by atoms with E-state index in [4.69, 9.17) is 4.74 Å². The Morgan fingerprint density at radius 2 is 1.38 bits per heavy atom. The van der Waals surface area contributed by atoms with Crippen LogP contribution >= 0.6 is 0 Å². The topological polar surface area (TPSA) is 98.5 Å². The van der Waals surface area contributed by atoms with Gasteiger partial charge < -0.3 is 14.6 Å². The van der Waals surface area contributed by atoms with Crippen LogP contribution in [-0.4, -0.2) is 68.1 Å². The standard InChI is InChI=1S/C8H19NO.3C7H12N2/c1-8(2,3)10-7-6-9(4)5;1-7(2,3)6-4-8-5-9-6;1-7(2,3)6-4-8-9-5-6;1-7(2,3)6-4-5-8-9-6/h6-7H2,1-5H3;3*4-5H,1-3H3,(H,8,9). The van der Waals surface area contributed by atoms with Gasteiger partial charge in [-0.3, -0.25) is 10.2 Å². The molecule has 8 heteroatoms. The second-order valence-corrected chi connectivity index (χ2v) is 13.4. The Hall–Kier alpha value is -2.45. The molecule has 0 unspecified atom stereocenters. The lowest BCUT2D eigenvalue weighted by Crippen LogP contribution is -2.25. The van der Waals surface area contributed by atoms with Crippen LogP contribution in [0.3, 0.4) is 0 Å². The van der Waals surface area contributed by atoms with Crippen LogP contribution in [0.5, 0.6) is 0 Å². The van der Waals surface area contributed by atoms with Crippen LogP contribution in [-0.2, 0) is 21.0 Å². The Balaban J connectivity index is 0.000000467. The molecule has 0 radical (unpaired) electrons. The van der Waals surface area contributed by atoms with Gasteiger partial charge in [0.05, 0.1) is 24.7 Å². The third-order valence-corrected chi connectivity index (χ3v) is 5.05. The van der Waals surface area contributed by atoms with Crippen LogP contribution < -0.4 is 0 Å². The van der Waals surface area contributed by atoms with Gasteiger partial charge in [-0.05, 0) is 51.9 Å². The molecule has 8 nitrogen and oxygen atoms in total. The molecule has 3 N–H and O–H groups in total. The molecule has 3 aromatic heterocycles. The molecule has 0 fully saturated rings. The first-order chi connectivity index (χ1) is 16.7. The fourth-order valence-electron chi connectivity index (χ4n) is 2.54. The maximum absolute atomic E-state index is 5.50. The molecular formula is C29H55N7O. The number of rotatable bonds is 3. The van der Waals surface area contributed by atoms with E-state index in [0.717, 1.165) is 13.2 Å². The average molecular weight is 518 g/mol. The highest BCUT2D eigenvalue weighted by Crippen LogP contribution is 2.20. The van der Waals surface area contributed by atoms with E-state index in [9.17, 15) is 0 Å². The molecule has 3 rings (SSSR count). The summed E-state index contributed by atoms with van der Waals surface area (Å²) >= 11 is 0. The maximum atomic E-state index is 5.50. The summed E-state index contributed by atoms with van der Waals surface area (Å²) in [5.41, 5.74) is 4.27. The van der Waals surface area contributed by atoms with Crippen LogP contribution in [0.1, 0.15) is 100 Å². The molecular weight excluding hydrogens is 462 g/mol. The van der Waals surface area contributed by atoms with Crippen molar-refractivity contribution in [3.05, 3.63) is 54.1 Å². The molecule has 0 amide bonds. The zero-order chi connectivity index (χ0) is 28.9. The van der Waals surface area contributed by atoms with Gasteiger partial charge in [0.1, 0.15) is 0 Å². The van der Waals surface area contributed by atoms with Gasteiger partial charge in [-0.1, -0.05) is 62.3 Å². The molecule has 0 saturated carbocycles. The summed E-state index contributed by atoms with van der Waals surface area (Å²) in [5, 5.41) is 13.4. The second-order valence-electron chi connectivity index (χ2n) is 13.4. The molecule has 0 bridgehead atoms. The van der Waals surface area contributed by atoms with Crippen molar-refractivity contribution in [3.8, 4) is 0 Å². The monoisotopic (exact) mass is 517 g/mol. The first-order valence-corrected chi connectivity index (χ1v) is 13.0. The summed E-state index contributed by atoms with van der Waals surface area (Å²) in [5.74, 6) is 0. The van der Waals surface area contributed by atoms with Crippen molar-refractivity contribution >= 4 is 0 Å². The second kappa shape index (κ2) is 15.1. The van der Waals surface area contributed by atoms with Crippen molar-refractivity contribution in [2.24, 2.45) is 0 Å². The third kappa shape index (κ3) is 17.6. The zero-order valence-corrected chi connectivity index (χ0v) is 26.1. The zero-order valence-electron chi connectivity index (χ0n) is 26.1. The van der Waals surface area contributed by atoms with Gasteiger partial charge in [0, 0.05) is 47.4 Å². The van der Waals surface area contributed by atoms with E-state index in [1.165, 1.54) is 17.0 Å².